The van der Waals surface area contributed by atoms with Crippen molar-refractivity contribution in [2.24, 2.45) is 0 Å². The second-order valence-corrected chi connectivity index (χ2v) is 7.10. The highest BCUT2D eigenvalue weighted by Crippen LogP contribution is 2.28. The van der Waals surface area contributed by atoms with Gasteiger partial charge in [0.15, 0.2) is 5.78 Å². The topological polar surface area (TPSA) is 77.8 Å². The number of hydrogen-bond acceptors (Lipinski definition) is 4. The van der Waals surface area contributed by atoms with Crippen LogP contribution in [0.2, 0.25) is 0 Å². The van der Waals surface area contributed by atoms with Gasteiger partial charge in [0.25, 0.3) is 0 Å². The quantitative estimate of drug-likeness (QED) is 0.503. The number of carbonyl (C=O) groups is 2. The number of anilines is 1. The van der Waals surface area contributed by atoms with Crippen molar-refractivity contribution < 1.29 is 19.8 Å². The lowest BCUT2D eigenvalue weighted by Crippen LogP contribution is -2.26. The number of carboxylic acid groups (broad SMARTS) is 1. The van der Waals surface area contributed by atoms with E-state index in [9.17, 15) is 19.8 Å². The lowest BCUT2D eigenvalue weighted by molar-refractivity contribution is 0.0692. The third-order valence-corrected chi connectivity index (χ3v) is 5.00. The number of hydrogen-bond donors (Lipinski definition) is 2. The van der Waals surface area contributed by atoms with Gasteiger partial charge < -0.3 is 15.1 Å². The SMILES string of the molecule is CCCN(CCc1ccccc1)c1ccc(C(=O)c2ccccc2C(=O)O)c(O)c1. The van der Waals surface area contributed by atoms with Gasteiger partial charge in [-0.15, -0.1) is 0 Å². The molecule has 0 unspecified atom stereocenters. The van der Waals surface area contributed by atoms with Crippen LogP contribution in [0.25, 0.3) is 0 Å². The zero-order valence-electron chi connectivity index (χ0n) is 16.9. The molecule has 3 rings (SSSR count). The molecule has 0 radical (unpaired) electrons. The molecule has 30 heavy (non-hydrogen) atoms. The van der Waals surface area contributed by atoms with Gasteiger partial charge in [0.2, 0.25) is 0 Å². The van der Waals surface area contributed by atoms with Gasteiger partial charge in [-0.25, -0.2) is 4.79 Å². The summed E-state index contributed by atoms with van der Waals surface area (Å²) in [7, 11) is 0. The average Bonchev–Trinajstić information content (AvgIpc) is 2.76. The van der Waals surface area contributed by atoms with Crippen molar-refractivity contribution in [1.29, 1.82) is 0 Å². The van der Waals surface area contributed by atoms with E-state index in [2.05, 4.69) is 24.0 Å². The maximum atomic E-state index is 12.9. The summed E-state index contributed by atoms with van der Waals surface area (Å²) >= 11 is 0. The first-order chi connectivity index (χ1) is 14.5. The third kappa shape index (κ3) is 4.87. The van der Waals surface area contributed by atoms with Crippen LogP contribution in [-0.2, 0) is 6.42 Å². The highest BCUT2D eigenvalue weighted by atomic mass is 16.4. The minimum absolute atomic E-state index is 0.0579. The zero-order chi connectivity index (χ0) is 21.5. The Morgan fingerprint density at radius 1 is 0.833 bits per heavy atom. The summed E-state index contributed by atoms with van der Waals surface area (Å²) in [6.07, 6.45) is 1.82. The van der Waals surface area contributed by atoms with Crippen LogP contribution in [0.4, 0.5) is 5.69 Å². The van der Waals surface area contributed by atoms with Crippen molar-refractivity contribution in [3.8, 4) is 5.75 Å². The van der Waals surface area contributed by atoms with Crippen LogP contribution >= 0.6 is 0 Å². The van der Waals surface area contributed by atoms with Crippen molar-refractivity contribution in [3.05, 3.63) is 95.1 Å². The summed E-state index contributed by atoms with van der Waals surface area (Å²) in [5.74, 6) is -1.84. The molecule has 0 saturated carbocycles. The number of benzene rings is 3. The molecule has 0 aliphatic carbocycles. The van der Waals surface area contributed by atoms with E-state index in [0.717, 1.165) is 31.6 Å². The lowest BCUT2D eigenvalue weighted by Gasteiger charge is -2.25. The van der Waals surface area contributed by atoms with Crippen molar-refractivity contribution in [1.82, 2.24) is 0 Å². The molecule has 0 atom stereocenters. The minimum Gasteiger partial charge on any atom is -0.507 e. The first kappa shape index (κ1) is 21.1. The molecule has 154 valence electrons. The number of carbonyl (C=O) groups excluding carboxylic acids is 1. The van der Waals surface area contributed by atoms with Gasteiger partial charge in [0.05, 0.1) is 11.1 Å². The summed E-state index contributed by atoms with van der Waals surface area (Å²) in [5.41, 5.74) is 2.13. The smallest absolute Gasteiger partial charge is 0.336 e. The molecule has 2 N–H and O–H groups in total. The van der Waals surface area contributed by atoms with E-state index >= 15 is 0 Å². The molecule has 0 aliphatic rings. The normalized spacial score (nSPS) is 10.6. The highest BCUT2D eigenvalue weighted by molar-refractivity contribution is 6.15. The van der Waals surface area contributed by atoms with Crippen LogP contribution in [0.5, 0.6) is 5.75 Å². The van der Waals surface area contributed by atoms with Crippen molar-refractivity contribution in [3.63, 3.8) is 0 Å². The molecule has 5 heteroatoms. The van der Waals surface area contributed by atoms with Crippen LogP contribution in [-0.4, -0.2) is 35.1 Å². The Kier molecular flexibility index (Phi) is 6.86. The van der Waals surface area contributed by atoms with Crippen molar-refractivity contribution >= 4 is 17.4 Å². The Morgan fingerprint density at radius 2 is 1.50 bits per heavy atom. The molecule has 0 bridgehead atoms. The predicted molar refractivity (Wildman–Crippen MR) is 118 cm³/mol. The maximum absolute atomic E-state index is 12.9. The number of aromatic carboxylic acids is 1. The van der Waals surface area contributed by atoms with E-state index in [-0.39, 0.29) is 22.4 Å². The standard InChI is InChI=1S/C25H25NO4/c1-2-15-26(16-14-18-8-4-3-5-9-18)19-12-13-22(23(27)17-19)24(28)20-10-6-7-11-21(20)25(29)30/h3-13,17,27H,2,14-16H2,1H3,(H,29,30). The van der Waals surface area contributed by atoms with E-state index < -0.39 is 11.8 Å². The van der Waals surface area contributed by atoms with Gasteiger partial charge in [-0.05, 0) is 36.6 Å². The predicted octanol–water partition coefficient (Wildman–Crippen LogP) is 4.78. The molecule has 0 fully saturated rings. The molecule has 0 aliphatic heterocycles. The molecule has 0 spiro atoms. The Balaban J connectivity index is 1.84. The van der Waals surface area contributed by atoms with E-state index in [1.165, 1.54) is 17.7 Å². The summed E-state index contributed by atoms with van der Waals surface area (Å²) < 4.78 is 0. The van der Waals surface area contributed by atoms with Crippen LogP contribution in [0.15, 0.2) is 72.8 Å². The fraction of sp³-hybridized carbons (Fsp3) is 0.200. The second kappa shape index (κ2) is 9.74. The molecular formula is C25H25NO4. The largest absolute Gasteiger partial charge is 0.507 e. The number of aromatic hydroxyl groups is 1. The van der Waals surface area contributed by atoms with Gasteiger partial charge >= 0.3 is 5.97 Å². The molecule has 0 aromatic heterocycles. The maximum Gasteiger partial charge on any atom is 0.336 e. The Labute approximate surface area is 176 Å². The zero-order valence-corrected chi connectivity index (χ0v) is 16.9. The fourth-order valence-electron chi connectivity index (χ4n) is 3.47. The molecule has 0 amide bonds. The monoisotopic (exact) mass is 403 g/mol. The first-order valence-corrected chi connectivity index (χ1v) is 10.00. The van der Waals surface area contributed by atoms with Gasteiger partial charge in [0, 0.05) is 30.4 Å². The summed E-state index contributed by atoms with van der Waals surface area (Å²) in [4.78, 5) is 26.5. The molecule has 5 nitrogen and oxygen atoms in total. The van der Waals surface area contributed by atoms with Gasteiger partial charge in [-0.3, -0.25) is 4.79 Å². The second-order valence-electron chi connectivity index (χ2n) is 7.10. The van der Waals surface area contributed by atoms with E-state index in [1.807, 2.05) is 18.2 Å². The van der Waals surface area contributed by atoms with Gasteiger partial charge in [-0.1, -0.05) is 55.5 Å². The molecule has 0 saturated heterocycles. The van der Waals surface area contributed by atoms with Crippen LogP contribution < -0.4 is 4.90 Å². The number of phenols is 1. The highest BCUT2D eigenvalue weighted by Gasteiger charge is 2.20. The van der Waals surface area contributed by atoms with Crippen LogP contribution in [0, 0.1) is 0 Å². The number of rotatable bonds is 9. The van der Waals surface area contributed by atoms with Crippen molar-refractivity contribution in [2.45, 2.75) is 19.8 Å². The van der Waals surface area contributed by atoms with E-state index in [1.54, 1.807) is 30.3 Å². The Hall–Kier alpha value is -3.60. The third-order valence-electron chi connectivity index (χ3n) is 5.00. The molecule has 3 aromatic rings. The van der Waals surface area contributed by atoms with Crippen LogP contribution in [0.3, 0.4) is 0 Å². The first-order valence-electron chi connectivity index (χ1n) is 10.00. The van der Waals surface area contributed by atoms with E-state index in [0.29, 0.717) is 0 Å². The Bertz CT molecular complexity index is 1030. The van der Waals surface area contributed by atoms with E-state index in [4.69, 9.17) is 0 Å². The Morgan fingerprint density at radius 3 is 2.13 bits per heavy atom. The minimum atomic E-state index is -1.18. The van der Waals surface area contributed by atoms with Gasteiger partial charge in [-0.2, -0.15) is 0 Å². The fourth-order valence-corrected chi connectivity index (χ4v) is 3.47. The molecule has 0 heterocycles. The van der Waals surface area contributed by atoms with Gasteiger partial charge in [0.1, 0.15) is 5.75 Å². The van der Waals surface area contributed by atoms with Crippen LogP contribution in [0.1, 0.15) is 45.2 Å². The summed E-state index contributed by atoms with van der Waals surface area (Å²) in [6.45, 7) is 3.70. The van der Waals surface area contributed by atoms with Crippen molar-refractivity contribution in [2.75, 3.05) is 18.0 Å². The summed E-state index contributed by atoms with van der Waals surface area (Å²) in [6, 6.07) is 21.2. The summed E-state index contributed by atoms with van der Waals surface area (Å²) in [5, 5.41) is 19.9. The lowest BCUT2D eigenvalue weighted by atomic mass is 9.97. The number of ketones is 1. The number of phenolic OH excluding ortho intramolecular Hbond substituents is 1. The number of carboxylic acids is 1. The molecule has 3 aromatic carbocycles. The number of nitrogens with zero attached hydrogens (tertiary/aromatic N) is 1. The molecular weight excluding hydrogens is 378 g/mol. The average molecular weight is 403 g/mol.